The number of pyridine rings is 1. The molecule has 17 heavy (non-hydrogen) atoms. The van der Waals surface area contributed by atoms with E-state index in [1.54, 1.807) is 18.3 Å². The first-order chi connectivity index (χ1) is 8.16. The van der Waals surface area contributed by atoms with E-state index in [9.17, 15) is 4.39 Å². The second-order valence-corrected chi connectivity index (χ2v) is 5.19. The Morgan fingerprint density at radius 3 is 2.65 bits per heavy atom. The van der Waals surface area contributed by atoms with Gasteiger partial charge in [-0.25, -0.2) is 4.39 Å². The number of hydrogen-bond acceptors (Lipinski definition) is 2. The number of para-hydroxylation sites is 1. The first kappa shape index (κ1) is 12.5. The molecule has 0 fully saturated rings. The molecule has 0 spiro atoms. The fourth-order valence-electron chi connectivity index (χ4n) is 1.36. The van der Waals surface area contributed by atoms with Crippen molar-refractivity contribution in [2.75, 3.05) is 5.32 Å². The Hall–Kier alpha value is -0.940. The standard InChI is InChI=1S/C12H9Br2FN2/c13-8-4-5-9(16-6-8)7-17-12-10(14)2-1-3-11(12)15/h1-6,17H,7H2. The Labute approximate surface area is 116 Å². The third kappa shape index (κ3) is 3.26. The van der Waals surface area contributed by atoms with E-state index in [2.05, 4.69) is 42.2 Å². The zero-order valence-electron chi connectivity index (χ0n) is 8.75. The number of rotatable bonds is 3. The highest BCUT2D eigenvalue weighted by Crippen LogP contribution is 2.25. The fraction of sp³-hybridized carbons (Fsp3) is 0.0833. The molecule has 2 rings (SSSR count). The highest BCUT2D eigenvalue weighted by atomic mass is 79.9. The Morgan fingerprint density at radius 2 is 2.00 bits per heavy atom. The molecule has 0 bridgehead atoms. The normalized spacial score (nSPS) is 10.3. The highest BCUT2D eigenvalue weighted by molar-refractivity contribution is 9.10. The first-order valence-electron chi connectivity index (χ1n) is 4.95. The summed E-state index contributed by atoms with van der Waals surface area (Å²) in [6, 6.07) is 8.65. The Kier molecular flexibility index (Phi) is 4.12. The molecule has 0 amide bonds. The lowest BCUT2D eigenvalue weighted by Crippen LogP contribution is -2.03. The molecular formula is C12H9Br2FN2. The lowest BCUT2D eigenvalue weighted by Gasteiger charge is -2.09. The fourth-order valence-corrected chi connectivity index (χ4v) is 2.07. The van der Waals surface area contributed by atoms with E-state index < -0.39 is 0 Å². The van der Waals surface area contributed by atoms with Gasteiger partial charge >= 0.3 is 0 Å². The van der Waals surface area contributed by atoms with Gasteiger partial charge in [-0.15, -0.1) is 0 Å². The van der Waals surface area contributed by atoms with Crippen LogP contribution in [-0.4, -0.2) is 4.98 Å². The van der Waals surface area contributed by atoms with Crippen LogP contribution in [0.1, 0.15) is 5.69 Å². The molecule has 1 N–H and O–H groups in total. The molecular weight excluding hydrogens is 351 g/mol. The van der Waals surface area contributed by atoms with Crippen LogP contribution >= 0.6 is 31.9 Å². The molecule has 0 saturated heterocycles. The number of benzene rings is 1. The molecule has 0 saturated carbocycles. The maximum atomic E-state index is 13.5. The zero-order valence-corrected chi connectivity index (χ0v) is 11.9. The van der Waals surface area contributed by atoms with Crippen molar-refractivity contribution in [2.24, 2.45) is 0 Å². The summed E-state index contributed by atoms with van der Waals surface area (Å²) in [4.78, 5) is 4.21. The first-order valence-corrected chi connectivity index (χ1v) is 6.54. The van der Waals surface area contributed by atoms with Crippen molar-refractivity contribution in [3.8, 4) is 0 Å². The van der Waals surface area contributed by atoms with Crippen molar-refractivity contribution in [3.63, 3.8) is 0 Å². The maximum Gasteiger partial charge on any atom is 0.147 e. The summed E-state index contributed by atoms with van der Waals surface area (Å²) >= 11 is 6.62. The van der Waals surface area contributed by atoms with E-state index in [-0.39, 0.29) is 5.82 Å². The molecule has 1 aromatic carbocycles. The monoisotopic (exact) mass is 358 g/mol. The molecule has 2 aromatic rings. The number of anilines is 1. The van der Waals surface area contributed by atoms with Gasteiger partial charge in [0.05, 0.1) is 17.9 Å². The van der Waals surface area contributed by atoms with E-state index in [4.69, 9.17) is 0 Å². The number of nitrogens with zero attached hydrogens (tertiary/aromatic N) is 1. The zero-order chi connectivity index (χ0) is 12.3. The summed E-state index contributed by atoms with van der Waals surface area (Å²) in [5, 5.41) is 3.02. The molecule has 0 radical (unpaired) electrons. The van der Waals surface area contributed by atoms with Crippen molar-refractivity contribution in [2.45, 2.75) is 6.54 Å². The van der Waals surface area contributed by atoms with Crippen LogP contribution < -0.4 is 5.32 Å². The lowest BCUT2D eigenvalue weighted by atomic mass is 10.3. The quantitative estimate of drug-likeness (QED) is 0.880. The van der Waals surface area contributed by atoms with Crippen molar-refractivity contribution in [1.29, 1.82) is 0 Å². The Balaban J connectivity index is 2.10. The van der Waals surface area contributed by atoms with Crippen LogP contribution in [0.2, 0.25) is 0 Å². The van der Waals surface area contributed by atoms with Crippen LogP contribution in [0, 0.1) is 5.82 Å². The van der Waals surface area contributed by atoms with Crippen LogP contribution in [0.15, 0.2) is 45.5 Å². The molecule has 1 heterocycles. The van der Waals surface area contributed by atoms with Crippen LogP contribution in [-0.2, 0) is 6.54 Å². The number of halogens is 3. The second kappa shape index (κ2) is 5.60. The van der Waals surface area contributed by atoms with E-state index in [1.165, 1.54) is 6.07 Å². The molecule has 0 aliphatic carbocycles. The van der Waals surface area contributed by atoms with Crippen molar-refractivity contribution in [1.82, 2.24) is 4.98 Å². The van der Waals surface area contributed by atoms with Crippen LogP contribution in [0.4, 0.5) is 10.1 Å². The minimum atomic E-state index is -0.281. The molecule has 0 aliphatic heterocycles. The number of nitrogens with one attached hydrogen (secondary N) is 1. The second-order valence-electron chi connectivity index (χ2n) is 3.42. The van der Waals surface area contributed by atoms with Gasteiger partial charge in [-0.05, 0) is 56.1 Å². The topological polar surface area (TPSA) is 24.9 Å². The average molecular weight is 360 g/mol. The lowest BCUT2D eigenvalue weighted by molar-refractivity contribution is 0.629. The molecule has 0 unspecified atom stereocenters. The third-order valence-corrected chi connectivity index (χ3v) is 3.33. The minimum absolute atomic E-state index is 0.281. The molecule has 2 nitrogen and oxygen atoms in total. The van der Waals surface area contributed by atoms with E-state index in [0.29, 0.717) is 16.7 Å². The van der Waals surface area contributed by atoms with Crippen LogP contribution in [0.25, 0.3) is 0 Å². The molecule has 5 heteroatoms. The van der Waals surface area contributed by atoms with Gasteiger partial charge in [-0.3, -0.25) is 4.98 Å². The van der Waals surface area contributed by atoms with Crippen LogP contribution in [0.3, 0.4) is 0 Å². The Morgan fingerprint density at radius 1 is 1.18 bits per heavy atom. The SMILES string of the molecule is Fc1cccc(Br)c1NCc1ccc(Br)cn1. The predicted molar refractivity (Wildman–Crippen MR) is 73.4 cm³/mol. The van der Waals surface area contributed by atoms with Gasteiger partial charge in [0.2, 0.25) is 0 Å². The van der Waals surface area contributed by atoms with Gasteiger partial charge in [0.1, 0.15) is 5.82 Å². The van der Waals surface area contributed by atoms with Crippen molar-refractivity contribution in [3.05, 3.63) is 57.0 Å². The smallest absolute Gasteiger partial charge is 0.147 e. The summed E-state index contributed by atoms with van der Waals surface area (Å²) in [5.41, 5.74) is 1.31. The van der Waals surface area contributed by atoms with Gasteiger partial charge in [0.25, 0.3) is 0 Å². The predicted octanol–water partition coefficient (Wildman–Crippen LogP) is 4.36. The Bertz CT molecular complexity index is 494. The van der Waals surface area contributed by atoms with Gasteiger partial charge in [-0.1, -0.05) is 6.07 Å². The number of hydrogen-bond donors (Lipinski definition) is 1. The van der Waals surface area contributed by atoms with E-state index >= 15 is 0 Å². The van der Waals surface area contributed by atoms with Gasteiger partial charge < -0.3 is 5.32 Å². The van der Waals surface area contributed by atoms with E-state index in [0.717, 1.165) is 10.2 Å². The van der Waals surface area contributed by atoms with Crippen LogP contribution in [0.5, 0.6) is 0 Å². The molecule has 0 aliphatic rings. The largest absolute Gasteiger partial charge is 0.376 e. The van der Waals surface area contributed by atoms with E-state index in [1.807, 2.05) is 12.1 Å². The minimum Gasteiger partial charge on any atom is -0.376 e. The molecule has 1 aromatic heterocycles. The van der Waals surface area contributed by atoms with Crippen molar-refractivity contribution < 1.29 is 4.39 Å². The third-order valence-electron chi connectivity index (χ3n) is 2.20. The van der Waals surface area contributed by atoms with Gasteiger partial charge in [0.15, 0.2) is 0 Å². The van der Waals surface area contributed by atoms with Gasteiger partial charge in [0, 0.05) is 15.1 Å². The number of aromatic nitrogens is 1. The average Bonchev–Trinajstić information content (AvgIpc) is 2.31. The summed E-state index contributed by atoms with van der Waals surface area (Å²) in [6.45, 7) is 0.479. The summed E-state index contributed by atoms with van der Waals surface area (Å²) in [6.07, 6.45) is 1.72. The molecule has 88 valence electrons. The summed E-state index contributed by atoms with van der Waals surface area (Å²) < 4.78 is 15.1. The van der Waals surface area contributed by atoms with Gasteiger partial charge in [-0.2, -0.15) is 0 Å². The maximum absolute atomic E-state index is 13.5. The summed E-state index contributed by atoms with van der Waals surface area (Å²) in [5.74, 6) is -0.281. The highest BCUT2D eigenvalue weighted by Gasteiger charge is 2.05. The molecule has 0 atom stereocenters. The summed E-state index contributed by atoms with van der Waals surface area (Å²) in [7, 11) is 0. The van der Waals surface area contributed by atoms with Crippen molar-refractivity contribution >= 4 is 37.5 Å².